The number of hydrogen-bond donors (Lipinski definition) is 1. The van der Waals surface area contributed by atoms with Gasteiger partial charge in [-0.2, -0.15) is 4.98 Å². The summed E-state index contributed by atoms with van der Waals surface area (Å²) in [5.41, 5.74) is 4.56. The van der Waals surface area contributed by atoms with Gasteiger partial charge in [0, 0.05) is 25.0 Å². The number of fused-ring (bicyclic) bond motifs is 1. The van der Waals surface area contributed by atoms with E-state index in [2.05, 4.69) is 33.5 Å². The Morgan fingerprint density at radius 1 is 0.972 bits per heavy atom. The Hall–Kier alpha value is -4.26. The van der Waals surface area contributed by atoms with Crippen molar-refractivity contribution in [3.63, 3.8) is 0 Å². The van der Waals surface area contributed by atoms with Crippen molar-refractivity contribution in [2.24, 2.45) is 0 Å². The fourth-order valence-electron chi connectivity index (χ4n) is 4.27. The number of benzene rings is 3. The number of amides is 1. The summed E-state index contributed by atoms with van der Waals surface area (Å²) >= 11 is 0. The summed E-state index contributed by atoms with van der Waals surface area (Å²) in [6, 6.07) is 24.4. The van der Waals surface area contributed by atoms with E-state index in [0.717, 1.165) is 37.1 Å². The fourth-order valence-corrected chi connectivity index (χ4v) is 4.27. The summed E-state index contributed by atoms with van der Waals surface area (Å²) in [4.78, 5) is 24.2. The summed E-state index contributed by atoms with van der Waals surface area (Å²) in [5.74, 6) is 0.0841. The number of carbonyl (C=O) groups is 1. The van der Waals surface area contributed by atoms with Crippen LogP contribution < -0.4 is 15.0 Å². The van der Waals surface area contributed by atoms with E-state index in [1.165, 1.54) is 29.5 Å². The van der Waals surface area contributed by atoms with Gasteiger partial charge in [0.25, 0.3) is 5.91 Å². The number of nitrogens with zero attached hydrogens (tertiary/aromatic N) is 3. The number of aromatic nitrogens is 2. The maximum Gasteiger partial charge on any atom is 0.258 e. The first kappa shape index (κ1) is 23.5. The zero-order valence-corrected chi connectivity index (χ0v) is 19.9. The first-order chi connectivity index (χ1) is 17.7. The second-order valence-electron chi connectivity index (χ2n) is 8.68. The van der Waals surface area contributed by atoms with Crippen molar-refractivity contribution in [1.29, 1.82) is 0 Å². The van der Waals surface area contributed by atoms with Crippen LogP contribution in [0.4, 0.5) is 16.0 Å². The van der Waals surface area contributed by atoms with Gasteiger partial charge in [-0.15, -0.1) is 0 Å². The molecule has 0 saturated heterocycles. The minimum atomic E-state index is -0.314. The molecular formula is C29H27FN4O2. The van der Waals surface area contributed by atoms with Crippen molar-refractivity contribution in [2.75, 3.05) is 18.0 Å². The standard InChI is InChI=1S/C29H27FN4O2/c30-24-14-12-22(13-15-24)20-36-28-25(27(35)31-17-6-9-21-7-2-1-3-8-21)19-32-29(33-28)34-18-16-23-10-4-5-11-26(23)34/h1-5,7-8,10-15,19H,6,9,16-18,20H2,(H,31,35). The Labute approximate surface area is 209 Å². The van der Waals surface area contributed by atoms with E-state index in [1.807, 2.05) is 41.3 Å². The number of hydrogen-bond acceptors (Lipinski definition) is 5. The van der Waals surface area contributed by atoms with Gasteiger partial charge in [-0.1, -0.05) is 60.7 Å². The molecule has 4 aromatic rings. The summed E-state index contributed by atoms with van der Waals surface area (Å²) in [6.45, 7) is 1.43. The molecule has 1 amide bonds. The lowest BCUT2D eigenvalue weighted by molar-refractivity contribution is 0.0947. The third-order valence-corrected chi connectivity index (χ3v) is 6.17. The van der Waals surface area contributed by atoms with E-state index in [1.54, 1.807) is 12.1 Å². The third-order valence-electron chi connectivity index (χ3n) is 6.17. The second-order valence-corrected chi connectivity index (χ2v) is 8.68. The van der Waals surface area contributed by atoms with Crippen LogP contribution >= 0.6 is 0 Å². The van der Waals surface area contributed by atoms with Crippen molar-refractivity contribution in [1.82, 2.24) is 15.3 Å². The maximum atomic E-state index is 13.3. The monoisotopic (exact) mass is 482 g/mol. The third kappa shape index (κ3) is 5.51. The summed E-state index contributed by atoms with van der Waals surface area (Å²) in [7, 11) is 0. The summed E-state index contributed by atoms with van der Waals surface area (Å²) in [6.07, 6.45) is 4.11. The molecule has 3 aromatic carbocycles. The van der Waals surface area contributed by atoms with Gasteiger partial charge in [0.2, 0.25) is 11.8 Å². The van der Waals surface area contributed by atoms with E-state index in [4.69, 9.17) is 4.74 Å². The number of rotatable bonds is 9. The molecule has 6 nitrogen and oxygen atoms in total. The largest absolute Gasteiger partial charge is 0.472 e. The van der Waals surface area contributed by atoms with Crippen molar-refractivity contribution in [3.05, 3.63) is 113 Å². The number of anilines is 2. The molecule has 0 radical (unpaired) electrons. The van der Waals surface area contributed by atoms with Gasteiger partial charge in [-0.05, 0) is 54.2 Å². The number of carbonyl (C=O) groups excluding carboxylic acids is 1. The van der Waals surface area contributed by atoms with E-state index in [0.29, 0.717) is 12.5 Å². The highest BCUT2D eigenvalue weighted by Gasteiger charge is 2.24. The first-order valence-electron chi connectivity index (χ1n) is 12.1. The van der Waals surface area contributed by atoms with E-state index in [-0.39, 0.29) is 29.8 Å². The Kier molecular flexibility index (Phi) is 7.17. The van der Waals surface area contributed by atoms with Crippen molar-refractivity contribution in [2.45, 2.75) is 25.9 Å². The van der Waals surface area contributed by atoms with Gasteiger partial charge in [-0.25, -0.2) is 9.37 Å². The lowest BCUT2D eigenvalue weighted by Gasteiger charge is -2.19. The molecule has 0 unspecified atom stereocenters. The number of aryl methyl sites for hydroxylation is 1. The number of nitrogens with one attached hydrogen (secondary N) is 1. The van der Waals surface area contributed by atoms with Crippen LogP contribution in [-0.2, 0) is 19.4 Å². The Morgan fingerprint density at radius 2 is 1.75 bits per heavy atom. The predicted octanol–water partition coefficient (Wildman–Crippen LogP) is 5.25. The molecule has 0 saturated carbocycles. The number of para-hydroxylation sites is 1. The van der Waals surface area contributed by atoms with Crippen LogP contribution in [-0.4, -0.2) is 29.0 Å². The van der Waals surface area contributed by atoms with E-state index < -0.39 is 0 Å². The van der Waals surface area contributed by atoms with Crippen molar-refractivity contribution in [3.8, 4) is 5.88 Å². The molecule has 7 heteroatoms. The van der Waals surface area contributed by atoms with Crippen molar-refractivity contribution >= 4 is 17.5 Å². The lowest BCUT2D eigenvalue weighted by atomic mass is 10.1. The zero-order chi connectivity index (χ0) is 24.7. The molecule has 0 fully saturated rings. The van der Waals surface area contributed by atoms with Gasteiger partial charge < -0.3 is 15.0 Å². The topological polar surface area (TPSA) is 67.4 Å². The fraction of sp³-hybridized carbons (Fsp3) is 0.207. The quantitative estimate of drug-likeness (QED) is 0.330. The molecule has 182 valence electrons. The minimum Gasteiger partial charge on any atom is -0.472 e. The van der Waals surface area contributed by atoms with Crippen molar-refractivity contribution < 1.29 is 13.9 Å². The normalized spacial score (nSPS) is 12.3. The molecule has 36 heavy (non-hydrogen) atoms. The molecular weight excluding hydrogens is 455 g/mol. The van der Waals surface area contributed by atoms with E-state index in [9.17, 15) is 9.18 Å². The molecule has 5 rings (SSSR count). The Balaban J connectivity index is 1.32. The van der Waals surface area contributed by atoms with E-state index >= 15 is 0 Å². The number of ether oxygens (including phenoxy) is 1. The minimum absolute atomic E-state index is 0.154. The highest BCUT2D eigenvalue weighted by atomic mass is 19.1. The molecule has 0 spiro atoms. The molecule has 2 heterocycles. The highest BCUT2D eigenvalue weighted by Crippen LogP contribution is 2.33. The van der Waals surface area contributed by atoms with Crippen LogP contribution in [0.15, 0.2) is 85.1 Å². The first-order valence-corrected chi connectivity index (χ1v) is 12.1. The van der Waals surface area contributed by atoms with Gasteiger partial charge >= 0.3 is 0 Å². The smallest absolute Gasteiger partial charge is 0.258 e. The predicted molar refractivity (Wildman–Crippen MR) is 137 cm³/mol. The molecule has 0 aliphatic carbocycles. The number of halogens is 1. The van der Waals surface area contributed by atoms with Crippen LogP contribution in [0, 0.1) is 5.82 Å². The summed E-state index contributed by atoms with van der Waals surface area (Å²) in [5, 5.41) is 2.96. The SMILES string of the molecule is O=C(NCCCc1ccccc1)c1cnc(N2CCc3ccccc32)nc1OCc1ccc(F)cc1. The molecule has 1 aliphatic rings. The van der Waals surface area contributed by atoms with Crippen LogP contribution in [0.25, 0.3) is 0 Å². The van der Waals surface area contributed by atoms with Gasteiger partial charge in [0.1, 0.15) is 18.0 Å². The maximum absolute atomic E-state index is 13.3. The average Bonchev–Trinajstić information content (AvgIpc) is 3.35. The Bertz CT molecular complexity index is 1330. The lowest BCUT2D eigenvalue weighted by Crippen LogP contribution is -2.26. The molecule has 0 bridgehead atoms. The highest BCUT2D eigenvalue weighted by molar-refractivity contribution is 5.96. The van der Waals surface area contributed by atoms with Gasteiger partial charge in [-0.3, -0.25) is 4.79 Å². The molecule has 1 N–H and O–H groups in total. The van der Waals surface area contributed by atoms with Gasteiger partial charge in [0.15, 0.2) is 0 Å². The molecule has 1 aliphatic heterocycles. The van der Waals surface area contributed by atoms with Crippen LogP contribution in [0.3, 0.4) is 0 Å². The molecule has 1 aromatic heterocycles. The van der Waals surface area contributed by atoms with Crippen LogP contribution in [0.1, 0.15) is 33.5 Å². The van der Waals surface area contributed by atoms with Crippen LogP contribution in [0.5, 0.6) is 5.88 Å². The summed E-state index contributed by atoms with van der Waals surface area (Å²) < 4.78 is 19.3. The average molecular weight is 483 g/mol. The van der Waals surface area contributed by atoms with Crippen LogP contribution in [0.2, 0.25) is 0 Å². The second kappa shape index (κ2) is 11.0. The zero-order valence-electron chi connectivity index (χ0n) is 19.9. The Morgan fingerprint density at radius 3 is 2.58 bits per heavy atom. The van der Waals surface area contributed by atoms with Gasteiger partial charge in [0.05, 0.1) is 0 Å². The molecule has 0 atom stereocenters.